The van der Waals surface area contributed by atoms with Crippen LogP contribution < -0.4 is 10.7 Å². The molecule has 31 heavy (non-hydrogen) atoms. The van der Waals surface area contributed by atoms with Crippen LogP contribution in [0.25, 0.3) is 0 Å². The molecule has 0 radical (unpaired) electrons. The van der Waals surface area contributed by atoms with Crippen LogP contribution in [0, 0.1) is 13.8 Å². The second-order valence-corrected chi connectivity index (χ2v) is 8.14. The number of likely N-dealkylation sites (N-methyl/N-ethyl adjacent to an activating group) is 1. The lowest BCUT2D eigenvalue weighted by molar-refractivity contribution is -0.135. The lowest BCUT2D eigenvalue weighted by Gasteiger charge is -2.33. The van der Waals surface area contributed by atoms with E-state index >= 15 is 0 Å². The van der Waals surface area contributed by atoms with Gasteiger partial charge in [-0.05, 0) is 31.9 Å². The van der Waals surface area contributed by atoms with Crippen molar-refractivity contribution in [2.24, 2.45) is 0 Å². The van der Waals surface area contributed by atoms with Crippen LogP contribution in [0.4, 0.5) is 4.79 Å². The lowest BCUT2D eigenvalue weighted by atomic mass is 9.91. The van der Waals surface area contributed by atoms with Gasteiger partial charge in [0.05, 0.1) is 37.1 Å². The summed E-state index contributed by atoms with van der Waals surface area (Å²) in [5.41, 5.74) is 7.10. The Kier molecular flexibility index (Phi) is 5.97. The molecule has 1 aromatic rings. The number of rotatable bonds is 5. The van der Waals surface area contributed by atoms with Crippen LogP contribution in [0.5, 0.6) is 0 Å². The molecule has 166 valence electrons. The summed E-state index contributed by atoms with van der Waals surface area (Å²) in [5.74, 6) is -0.462. The van der Waals surface area contributed by atoms with E-state index in [1.165, 1.54) is 4.90 Å². The molecule has 0 aliphatic carbocycles. The predicted octanol–water partition coefficient (Wildman–Crippen LogP) is 0.849. The first-order valence-electron chi connectivity index (χ1n) is 10.7. The first-order chi connectivity index (χ1) is 14.9. The van der Waals surface area contributed by atoms with Gasteiger partial charge in [0.15, 0.2) is 0 Å². The molecular weight excluding hydrogens is 398 g/mol. The fourth-order valence-corrected chi connectivity index (χ4v) is 4.45. The minimum atomic E-state index is -0.522. The first-order valence-corrected chi connectivity index (χ1v) is 10.7. The maximum atomic E-state index is 13.4. The molecule has 1 aromatic carbocycles. The molecular formula is C22H29N5O4. The highest BCUT2D eigenvalue weighted by Gasteiger charge is 2.44. The number of nitrogens with one attached hydrogen (secondary N) is 2. The van der Waals surface area contributed by atoms with E-state index in [0.717, 1.165) is 16.7 Å². The topological polar surface area (TPSA) is 94.2 Å². The summed E-state index contributed by atoms with van der Waals surface area (Å²) in [5, 5.41) is 4.80. The first kappa shape index (κ1) is 21.3. The Balaban J connectivity index is 1.56. The van der Waals surface area contributed by atoms with E-state index in [9.17, 15) is 14.4 Å². The highest BCUT2D eigenvalue weighted by Crippen LogP contribution is 2.37. The largest absolute Gasteiger partial charge is 0.379 e. The monoisotopic (exact) mass is 427 g/mol. The van der Waals surface area contributed by atoms with E-state index < -0.39 is 6.04 Å². The van der Waals surface area contributed by atoms with Crippen molar-refractivity contribution in [3.8, 4) is 0 Å². The summed E-state index contributed by atoms with van der Waals surface area (Å²) >= 11 is 0. The van der Waals surface area contributed by atoms with Gasteiger partial charge in [-0.1, -0.05) is 23.8 Å². The van der Waals surface area contributed by atoms with E-state index in [1.807, 2.05) is 44.0 Å². The molecule has 3 heterocycles. The number of carbonyl (C=O) groups is 3. The van der Waals surface area contributed by atoms with Gasteiger partial charge in [-0.25, -0.2) is 9.80 Å². The summed E-state index contributed by atoms with van der Waals surface area (Å²) in [7, 11) is 0. The maximum Gasteiger partial charge on any atom is 0.322 e. The predicted molar refractivity (Wildman–Crippen MR) is 114 cm³/mol. The van der Waals surface area contributed by atoms with Gasteiger partial charge >= 0.3 is 6.03 Å². The Hall–Kier alpha value is -2.91. The number of hydrogen-bond acceptors (Lipinski definition) is 5. The van der Waals surface area contributed by atoms with Gasteiger partial charge in [0.25, 0.3) is 11.8 Å². The van der Waals surface area contributed by atoms with Crippen molar-refractivity contribution in [1.29, 1.82) is 0 Å². The summed E-state index contributed by atoms with van der Waals surface area (Å²) in [6.45, 7) is 8.86. The molecule has 4 amide bonds. The van der Waals surface area contributed by atoms with Gasteiger partial charge < -0.3 is 15.0 Å². The van der Waals surface area contributed by atoms with E-state index in [2.05, 4.69) is 10.7 Å². The van der Waals surface area contributed by atoms with Crippen LogP contribution in [0.15, 0.2) is 29.5 Å². The molecule has 0 aromatic heterocycles. The van der Waals surface area contributed by atoms with E-state index in [4.69, 9.17) is 4.74 Å². The quantitative estimate of drug-likeness (QED) is 0.727. The Morgan fingerprint density at radius 1 is 1.23 bits per heavy atom. The molecule has 0 spiro atoms. The molecule has 1 fully saturated rings. The smallest absolute Gasteiger partial charge is 0.322 e. The number of ether oxygens (including phenoxy) is 1. The fraction of sp³-hybridized carbons (Fsp3) is 0.500. The van der Waals surface area contributed by atoms with Crippen LogP contribution in [0.1, 0.15) is 29.7 Å². The second-order valence-electron chi connectivity index (χ2n) is 8.14. The molecule has 9 nitrogen and oxygen atoms in total. The van der Waals surface area contributed by atoms with Crippen molar-refractivity contribution in [3.05, 3.63) is 46.2 Å². The molecule has 0 bridgehead atoms. The van der Waals surface area contributed by atoms with Gasteiger partial charge in [-0.3, -0.25) is 19.9 Å². The molecule has 9 heteroatoms. The van der Waals surface area contributed by atoms with Crippen molar-refractivity contribution >= 4 is 17.8 Å². The second kappa shape index (κ2) is 8.68. The average molecular weight is 428 g/mol. The molecule has 3 aliphatic heterocycles. The number of nitrogens with zero attached hydrogens (tertiary/aromatic N) is 3. The summed E-state index contributed by atoms with van der Waals surface area (Å²) in [4.78, 5) is 41.8. The zero-order chi connectivity index (χ0) is 22.1. The minimum Gasteiger partial charge on any atom is -0.379 e. The Morgan fingerprint density at radius 3 is 2.65 bits per heavy atom. The lowest BCUT2D eigenvalue weighted by Crippen LogP contribution is -2.51. The molecule has 0 unspecified atom stereocenters. The highest BCUT2D eigenvalue weighted by atomic mass is 16.5. The normalized spacial score (nSPS) is 22.0. The van der Waals surface area contributed by atoms with E-state index in [-0.39, 0.29) is 30.9 Å². The number of hydrogen-bond donors (Lipinski definition) is 2. The Morgan fingerprint density at radius 2 is 1.97 bits per heavy atom. The van der Waals surface area contributed by atoms with Crippen LogP contribution >= 0.6 is 0 Å². The van der Waals surface area contributed by atoms with Gasteiger partial charge in [0.2, 0.25) is 0 Å². The van der Waals surface area contributed by atoms with Gasteiger partial charge in [-0.15, -0.1) is 0 Å². The summed E-state index contributed by atoms with van der Waals surface area (Å²) in [6.07, 6.45) is 0. The van der Waals surface area contributed by atoms with Crippen LogP contribution in [-0.4, -0.2) is 78.6 Å². The van der Waals surface area contributed by atoms with E-state index in [0.29, 0.717) is 44.1 Å². The number of aryl methyl sites for hydroxylation is 2. The Bertz CT molecular complexity index is 938. The van der Waals surface area contributed by atoms with Crippen molar-refractivity contribution < 1.29 is 19.1 Å². The Labute approximate surface area is 182 Å². The molecule has 2 N–H and O–H groups in total. The number of morpholine rings is 1. The zero-order valence-corrected chi connectivity index (χ0v) is 18.2. The van der Waals surface area contributed by atoms with Gasteiger partial charge in [0, 0.05) is 19.6 Å². The van der Waals surface area contributed by atoms with Crippen LogP contribution in [0.3, 0.4) is 0 Å². The standard InChI is InChI=1S/C22H29N5O4/c1-4-27-17-12-25(13-18(28)24-26-7-9-31-10-8-26)21(29)19(17)20(23-22(27)30)16-6-5-14(2)11-15(16)3/h5-6,11,20H,4,7-10,12-13H2,1-3H3,(H,23,30)(H,24,28)/t20-/m1/s1. The third-order valence-electron chi connectivity index (χ3n) is 5.98. The fourth-order valence-electron chi connectivity index (χ4n) is 4.45. The van der Waals surface area contributed by atoms with Crippen LogP contribution in [-0.2, 0) is 14.3 Å². The van der Waals surface area contributed by atoms with Crippen molar-refractivity contribution in [1.82, 2.24) is 25.6 Å². The van der Waals surface area contributed by atoms with Gasteiger partial charge in [-0.2, -0.15) is 0 Å². The minimum absolute atomic E-state index is 0.0610. The highest BCUT2D eigenvalue weighted by molar-refractivity contribution is 6.03. The van der Waals surface area contributed by atoms with Crippen molar-refractivity contribution in [2.45, 2.75) is 26.8 Å². The molecule has 3 aliphatic rings. The van der Waals surface area contributed by atoms with E-state index in [1.54, 1.807) is 4.90 Å². The summed E-state index contributed by atoms with van der Waals surface area (Å²) < 4.78 is 5.29. The van der Waals surface area contributed by atoms with Crippen LogP contribution in [0.2, 0.25) is 0 Å². The number of amides is 4. The third kappa shape index (κ3) is 4.15. The maximum absolute atomic E-state index is 13.4. The number of hydrazine groups is 1. The number of carbonyl (C=O) groups excluding carboxylic acids is 3. The van der Waals surface area contributed by atoms with Crippen molar-refractivity contribution in [3.63, 3.8) is 0 Å². The molecule has 1 atom stereocenters. The van der Waals surface area contributed by atoms with Gasteiger partial charge in [0.1, 0.15) is 6.54 Å². The molecule has 1 saturated heterocycles. The summed E-state index contributed by atoms with van der Waals surface area (Å²) in [6, 6.07) is 5.24. The third-order valence-corrected chi connectivity index (χ3v) is 5.98. The average Bonchev–Trinajstić information content (AvgIpc) is 3.04. The number of benzene rings is 1. The number of urea groups is 1. The molecule has 4 rings (SSSR count). The van der Waals surface area contributed by atoms with Crippen molar-refractivity contribution in [2.75, 3.05) is 45.9 Å². The zero-order valence-electron chi connectivity index (χ0n) is 18.2. The SMILES string of the molecule is CCN1C(=O)N[C@H](c2ccc(C)cc2C)C2=C1CN(CC(=O)NN1CCOCC1)C2=O. The molecule has 0 saturated carbocycles.